The van der Waals surface area contributed by atoms with Gasteiger partial charge in [-0.1, -0.05) is 65.8 Å². The molecule has 0 unspecified atom stereocenters. The summed E-state index contributed by atoms with van der Waals surface area (Å²) >= 11 is 0. The fraction of sp³-hybridized carbons (Fsp3) is 0.300. The van der Waals surface area contributed by atoms with Crippen LogP contribution in [0.3, 0.4) is 0 Å². The first-order valence-corrected chi connectivity index (χ1v) is 8.28. The molecule has 0 N–H and O–H groups in total. The Morgan fingerprint density at radius 3 is 2.27 bits per heavy atom. The molecule has 138 valence electrons. The van der Waals surface area contributed by atoms with E-state index in [1.165, 1.54) is 0 Å². The van der Waals surface area contributed by atoms with E-state index in [-0.39, 0.29) is 25.2 Å². The molecule has 2 rings (SSSR count). The first-order valence-electron chi connectivity index (χ1n) is 8.28. The molecule has 0 bridgehead atoms. The number of carbonyl (C=O) groups is 1. The molecule has 0 fully saturated rings. The number of halogens is 3. The number of ketones is 1. The molecule has 0 radical (unpaired) electrons. The van der Waals surface area contributed by atoms with E-state index in [0.29, 0.717) is 5.56 Å². The van der Waals surface area contributed by atoms with Gasteiger partial charge in [0, 0.05) is 24.1 Å². The third-order valence-electron chi connectivity index (χ3n) is 3.75. The lowest BCUT2D eigenvalue weighted by atomic mass is 9.96. The van der Waals surface area contributed by atoms with Crippen molar-refractivity contribution in [1.82, 2.24) is 0 Å². The molecule has 0 aliphatic rings. The molecular weight excluding hydrogens is 343 g/mol. The number of benzene rings is 2. The Labute approximate surface area is 150 Å². The van der Waals surface area contributed by atoms with Crippen LogP contribution in [0.4, 0.5) is 13.2 Å². The molecule has 3 nitrogen and oxygen atoms in total. The highest BCUT2D eigenvalue weighted by molar-refractivity contribution is 5.96. The highest BCUT2D eigenvalue weighted by Crippen LogP contribution is 2.27. The maximum absolute atomic E-state index is 12.7. The topological polar surface area (TPSA) is 38.7 Å². The monoisotopic (exact) mass is 363 g/mol. The maximum atomic E-state index is 12.7. The van der Waals surface area contributed by atoms with Crippen molar-refractivity contribution < 1.29 is 22.8 Å². The second kappa shape index (κ2) is 9.75. The van der Waals surface area contributed by atoms with Gasteiger partial charge in [-0.3, -0.25) is 4.79 Å². The fourth-order valence-corrected chi connectivity index (χ4v) is 2.43. The Morgan fingerprint density at radius 2 is 1.65 bits per heavy atom. The van der Waals surface area contributed by atoms with Gasteiger partial charge in [-0.05, 0) is 12.0 Å². The molecule has 0 heterocycles. The summed E-state index contributed by atoms with van der Waals surface area (Å²) in [7, 11) is 0. The molecule has 6 heteroatoms. The van der Waals surface area contributed by atoms with Crippen molar-refractivity contribution in [3.63, 3.8) is 0 Å². The molecular formula is C20H20F3NO2. The molecule has 26 heavy (non-hydrogen) atoms. The molecule has 0 saturated carbocycles. The van der Waals surface area contributed by atoms with Crippen molar-refractivity contribution in [1.29, 1.82) is 0 Å². The zero-order chi connectivity index (χ0) is 18.8. The van der Waals surface area contributed by atoms with Crippen LogP contribution in [0.2, 0.25) is 0 Å². The maximum Gasteiger partial charge on any atom is 0.389 e. The van der Waals surface area contributed by atoms with Crippen LogP contribution in [-0.4, -0.2) is 18.2 Å². The van der Waals surface area contributed by atoms with E-state index in [9.17, 15) is 18.0 Å². The zero-order valence-corrected chi connectivity index (χ0v) is 14.2. The summed E-state index contributed by atoms with van der Waals surface area (Å²) in [6, 6.07) is 17.7. The lowest BCUT2D eigenvalue weighted by Gasteiger charge is -2.14. The van der Waals surface area contributed by atoms with Gasteiger partial charge in [-0.25, -0.2) is 0 Å². The van der Waals surface area contributed by atoms with Crippen molar-refractivity contribution in [3.8, 4) is 0 Å². The van der Waals surface area contributed by atoms with Gasteiger partial charge in [0.2, 0.25) is 0 Å². The number of rotatable bonds is 9. The van der Waals surface area contributed by atoms with E-state index in [4.69, 9.17) is 4.84 Å². The van der Waals surface area contributed by atoms with Gasteiger partial charge in [-0.15, -0.1) is 0 Å². The van der Waals surface area contributed by atoms with Crippen LogP contribution < -0.4 is 0 Å². The zero-order valence-electron chi connectivity index (χ0n) is 14.2. The van der Waals surface area contributed by atoms with E-state index in [1.807, 2.05) is 30.3 Å². The summed E-state index contributed by atoms with van der Waals surface area (Å²) in [6.45, 7) is 0.180. The second-order valence-electron chi connectivity index (χ2n) is 5.92. The predicted octanol–water partition coefficient (Wildman–Crippen LogP) is 5.42. The largest absolute Gasteiger partial charge is 0.391 e. The Hall–Kier alpha value is -2.63. The van der Waals surface area contributed by atoms with E-state index < -0.39 is 18.5 Å². The van der Waals surface area contributed by atoms with Crippen molar-refractivity contribution in [2.45, 2.75) is 32.0 Å². The number of oxime groups is 1. The molecule has 0 aliphatic carbocycles. The fourth-order valence-electron chi connectivity index (χ4n) is 2.43. The van der Waals surface area contributed by atoms with E-state index >= 15 is 0 Å². The van der Waals surface area contributed by atoms with E-state index in [0.717, 1.165) is 11.8 Å². The summed E-state index contributed by atoms with van der Waals surface area (Å²) in [4.78, 5) is 17.1. The van der Waals surface area contributed by atoms with E-state index in [2.05, 4.69) is 5.16 Å². The predicted molar refractivity (Wildman–Crippen MR) is 93.9 cm³/mol. The minimum absolute atomic E-state index is 0.0233. The smallest absolute Gasteiger partial charge is 0.389 e. The van der Waals surface area contributed by atoms with Crippen LogP contribution in [-0.2, 0) is 11.4 Å². The standard InChI is InChI=1S/C20H20F3NO2/c21-20(22,23)13-17(11-12-19(25)18-9-5-2-6-10-18)14-24-26-15-16-7-3-1-4-8-16/h1-10,14,17H,11-13,15H2/b24-14+/t17-/m0/s1. The summed E-state index contributed by atoms with van der Waals surface area (Å²) in [5.41, 5.74) is 1.37. The molecule has 0 aromatic heterocycles. The van der Waals surface area contributed by atoms with Gasteiger partial charge in [0.05, 0.1) is 6.42 Å². The Balaban J connectivity index is 1.88. The number of hydrogen-bond donors (Lipinski definition) is 0. The van der Waals surface area contributed by atoms with Crippen LogP contribution in [0.1, 0.15) is 35.2 Å². The van der Waals surface area contributed by atoms with Crippen LogP contribution in [0.25, 0.3) is 0 Å². The highest BCUT2D eigenvalue weighted by Gasteiger charge is 2.31. The van der Waals surface area contributed by atoms with Gasteiger partial charge in [-0.2, -0.15) is 13.2 Å². The summed E-state index contributed by atoms with van der Waals surface area (Å²) in [6.07, 6.45) is -4.13. The van der Waals surface area contributed by atoms with Crippen LogP contribution in [0.15, 0.2) is 65.8 Å². The van der Waals surface area contributed by atoms with Gasteiger partial charge in [0.15, 0.2) is 5.78 Å². The van der Waals surface area contributed by atoms with E-state index in [1.54, 1.807) is 30.3 Å². The third kappa shape index (κ3) is 7.51. The lowest BCUT2D eigenvalue weighted by molar-refractivity contribution is -0.140. The third-order valence-corrected chi connectivity index (χ3v) is 3.75. The first kappa shape index (κ1) is 19.7. The second-order valence-corrected chi connectivity index (χ2v) is 5.92. The molecule has 0 aliphatic heterocycles. The number of hydrogen-bond acceptors (Lipinski definition) is 3. The van der Waals surface area contributed by atoms with Gasteiger partial charge in [0.25, 0.3) is 0 Å². The number of nitrogens with zero attached hydrogens (tertiary/aromatic N) is 1. The van der Waals surface area contributed by atoms with Crippen molar-refractivity contribution in [3.05, 3.63) is 71.8 Å². The highest BCUT2D eigenvalue weighted by atomic mass is 19.4. The average Bonchev–Trinajstić information content (AvgIpc) is 2.63. The number of alkyl halides is 3. The van der Waals surface area contributed by atoms with Crippen LogP contribution in [0.5, 0.6) is 0 Å². The Kier molecular flexibility index (Phi) is 7.38. The van der Waals surface area contributed by atoms with Crippen molar-refractivity contribution >= 4 is 12.0 Å². The van der Waals surface area contributed by atoms with Crippen LogP contribution >= 0.6 is 0 Å². The van der Waals surface area contributed by atoms with Gasteiger partial charge in [0.1, 0.15) is 6.61 Å². The number of carbonyl (C=O) groups excluding carboxylic acids is 1. The molecule has 2 aromatic carbocycles. The molecule has 0 spiro atoms. The Morgan fingerprint density at radius 1 is 1.04 bits per heavy atom. The van der Waals surface area contributed by atoms with Crippen LogP contribution in [0, 0.1) is 5.92 Å². The first-order chi connectivity index (χ1) is 12.4. The normalized spacial score (nSPS) is 12.9. The molecule has 1 atom stereocenters. The number of Topliss-reactive ketones (excluding diaryl/α,β-unsaturated/α-hetero) is 1. The quantitative estimate of drug-likeness (QED) is 0.339. The minimum atomic E-state index is -4.33. The molecule has 0 saturated heterocycles. The van der Waals surface area contributed by atoms with Crippen molar-refractivity contribution in [2.24, 2.45) is 11.1 Å². The minimum Gasteiger partial charge on any atom is -0.391 e. The van der Waals surface area contributed by atoms with Crippen molar-refractivity contribution in [2.75, 3.05) is 0 Å². The SMILES string of the molecule is O=C(CC[C@H](/C=N/OCc1ccccc1)CC(F)(F)F)c1ccccc1. The van der Waals surface area contributed by atoms with Gasteiger partial charge < -0.3 is 4.84 Å². The Bertz CT molecular complexity index is 700. The van der Waals surface area contributed by atoms with Gasteiger partial charge >= 0.3 is 6.18 Å². The molecule has 2 aromatic rings. The molecule has 0 amide bonds. The summed E-state index contributed by atoms with van der Waals surface area (Å²) in [5, 5.41) is 3.67. The summed E-state index contributed by atoms with van der Waals surface area (Å²) < 4.78 is 38.2. The lowest BCUT2D eigenvalue weighted by Crippen LogP contribution is -2.17. The summed E-state index contributed by atoms with van der Waals surface area (Å²) in [5.74, 6) is -1.09. The average molecular weight is 363 g/mol.